The first-order chi connectivity index (χ1) is 16.9. The maximum atomic E-state index is 13.4. The van der Waals surface area contributed by atoms with Gasteiger partial charge in [0.05, 0.1) is 36.1 Å². The van der Waals surface area contributed by atoms with Crippen LogP contribution in [0.25, 0.3) is 5.76 Å². The first-order valence-corrected chi connectivity index (χ1v) is 11.3. The zero-order chi connectivity index (χ0) is 25.1. The molecule has 0 radical (unpaired) electrons. The van der Waals surface area contributed by atoms with E-state index in [0.29, 0.717) is 30.3 Å². The molecule has 1 amide bonds. The van der Waals surface area contributed by atoms with Crippen LogP contribution in [0.5, 0.6) is 17.2 Å². The van der Waals surface area contributed by atoms with Crippen LogP contribution in [0.4, 0.5) is 5.69 Å². The number of anilines is 1. The number of ether oxygens (including phenoxy) is 2. The van der Waals surface area contributed by atoms with Gasteiger partial charge in [0, 0.05) is 18.5 Å². The molecule has 1 fully saturated rings. The van der Waals surface area contributed by atoms with Crippen molar-refractivity contribution in [3.63, 3.8) is 0 Å². The van der Waals surface area contributed by atoms with Crippen molar-refractivity contribution in [3.8, 4) is 17.2 Å². The molecule has 2 heterocycles. The van der Waals surface area contributed by atoms with Crippen LogP contribution in [0.3, 0.4) is 0 Å². The van der Waals surface area contributed by atoms with Gasteiger partial charge in [0.2, 0.25) is 0 Å². The van der Waals surface area contributed by atoms with E-state index in [9.17, 15) is 19.8 Å². The van der Waals surface area contributed by atoms with Crippen molar-refractivity contribution in [1.82, 2.24) is 4.98 Å². The van der Waals surface area contributed by atoms with Gasteiger partial charge in [-0.2, -0.15) is 0 Å². The van der Waals surface area contributed by atoms with Gasteiger partial charge < -0.3 is 19.7 Å². The lowest BCUT2D eigenvalue weighted by molar-refractivity contribution is -0.132. The van der Waals surface area contributed by atoms with Crippen molar-refractivity contribution in [2.24, 2.45) is 0 Å². The second-order valence-electron chi connectivity index (χ2n) is 7.97. The molecule has 35 heavy (non-hydrogen) atoms. The van der Waals surface area contributed by atoms with Gasteiger partial charge in [-0.25, -0.2) is 0 Å². The number of phenolic OH excluding ortho intramolecular Hbond substituents is 1. The Kier molecular flexibility index (Phi) is 6.73. The number of amides is 1. The summed E-state index contributed by atoms with van der Waals surface area (Å²) < 4.78 is 11.3. The Labute approximate surface area is 203 Å². The van der Waals surface area contributed by atoms with Crippen LogP contribution in [-0.4, -0.2) is 40.1 Å². The Morgan fingerprint density at radius 1 is 1.00 bits per heavy atom. The number of carbonyl (C=O) groups is 2. The molecular weight excluding hydrogens is 448 g/mol. The quantitative estimate of drug-likeness (QED) is 0.294. The molecule has 0 aliphatic carbocycles. The van der Waals surface area contributed by atoms with Gasteiger partial charge >= 0.3 is 0 Å². The number of aliphatic hydroxyl groups excluding tert-OH is 1. The predicted octanol–water partition coefficient (Wildman–Crippen LogP) is 4.52. The van der Waals surface area contributed by atoms with Gasteiger partial charge in [-0.3, -0.25) is 19.5 Å². The van der Waals surface area contributed by atoms with E-state index in [0.717, 1.165) is 5.56 Å². The number of hydrogen-bond acceptors (Lipinski definition) is 7. The molecule has 1 saturated heterocycles. The number of aromatic nitrogens is 1. The highest BCUT2D eigenvalue weighted by atomic mass is 16.5. The van der Waals surface area contributed by atoms with Crippen molar-refractivity contribution in [3.05, 3.63) is 83.2 Å². The molecule has 4 rings (SSSR count). The standard InChI is InChI=1S/C27H26N2O6/c1-4-34-18-7-8-19(22(15-18)35-5-2)25(31)23-24(17-10-12-28-13-11-17)29(27(33)26(23)32)20-14-16(3)6-9-21(20)30/h6-15,24,30-31H,4-5H2,1-3H3/b25-23-. The minimum absolute atomic E-state index is 0.118. The molecule has 3 aromatic rings. The van der Waals surface area contributed by atoms with Crippen LogP contribution in [0.2, 0.25) is 0 Å². The van der Waals surface area contributed by atoms with Crippen molar-refractivity contribution in [1.29, 1.82) is 0 Å². The Bertz CT molecular complexity index is 1300. The number of aryl methyl sites for hydroxylation is 1. The number of phenols is 1. The first kappa shape index (κ1) is 23.8. The maximum absolute atomic E-state index is 13.4. The molecule has 180 valence electrons. The molecule has 1 aliphatic rings. The van der Waals surface area contributed by atoms with Crippen LogP contribution in [0.1, 0.15) is 36.6 Å². The van der Waals surface area contributed by atoms with Crippen molar-refractivity contribution >= 4 is 23.1 Å². The minimum Gasteiger partial charge on any atom is -0.507 e. The SMILES string of the molecule is CCOc1ccc(/C(O)=C2/C(=O)C(=O)N(c3cc(C)ccc3O)C2c2ccncc2)c(OCC)c1. The van der Waals surface area contributed by atoms with E-state index in [1.54, 1.807) is 49.4 Å². The smallest absolute Gasteiger partial charge is 0.300 e. The Morgan fingerprint density at radius 2 is 1.71 bits per heavy atom. The molecule has 0 spiro atoms. The fourth-order valence-electron chi connectivity index (χ4n) is 4.14. The largest absolute Gasteiger partial charge is 0.507 e. The first-order valence-electron chi connectivity index (χ1n) is 11.3. The second kappa shape index (κ2) is 9.89. The molecule has 1 aliphatic heterocycles. The van der Waals surface area contributed by atoms with Gasteiger partial charge in [0.15, 0.2) is 0 Å². The van der Waals surface area contributed by atoms with Crippen LogP contribution in [0, 0.1) is 6.92 Å². The molecule has 0 bridgehead atoms. The molecule has 8 heteroatoms. The number of nitrogens with zero attached hydrogens (tertiary/aromatic N) is 2. The fourth-order valence-corrected chi connectivity index (χ4v) is 4.14. The number of pyridine rings is 1. The lowest BCUT2D eigenvalue weighted by Crippen LogP contribution is -2.29. The zero-order valence-corrected chi connectivity index (χ0v) is 19.7. The Morgan fingerprint density at radius 3 is 2.40 bits per heavy atom. The Hall–Kier alpha value is -4.33. The van der Waals surface area contributed by atoms with Gasteiger partial charge in [-0.1, -0.05) is 6.07 Å². The molecule has 1 atom stereocenters. The molecule has 1 unspecified atom stereocenters. The zero-order valence-electron chi connectivity index (χ0n) is 19.7. The third-order valence-corrected chi connectivity index (χ3v) is 5.68. The lowest BCUT2D eigenvalue weighted by Gasteiger charge is -2.26. The molecular formula is C27H26N2O6. The summed E-state index contributed by atoms with van der Waals surface area (Å²) in [6.45, 7) is 6.23. The van der Waals surface area contributed by atoms with E-state index in [1.807, 2.05) is 13.8 Å². The predicted molar refractivity (Wildman–Crippen MR) is 131 cm³/mol. The number of benzene rings is 2. The number of aliphatic hydroxyl groups is 1. The Balaban J connectivity index is 1.96. The lowest BCUT2D eigenvalue weighted by atomic mass is 9.95. The van der Waals surface area contributed by atoms with Gasteiger partial charge in [-0.05, 0) is 68.3 Å². The van der Waals surface area contributed by atoms with Gasteiger partial charge in [0.1, 0.15) is 23.0 Å². The van der Waals surface area contributed by atoms with E-state index in [-0.39, 0.29) is 28.3 Å². The normalized spacial score (nSPS) is 17.0. The van der Waals surface area contributed by atoms with Crippen LogP contribution in [-0.2, 0) is 9.59 Å². The summed E-state index contributed by atoms with van der Waals surface area (Å²) in [5.74, 6) is -1.42. The highest BCUT2D eigenvalue weighted by molar-refractivity contribution is 6.52. The molecule has 2 aromatic carbocycles. The van der Waals surface area contributed by atoms with E-state index in [4.69, 9.17) is 9.47 Å². The molecule has 0 saturated carbocycles. The number of ketones is 1. The summed E-state index contributed by atoms with van der Waals surface area (Å²) in [5.41, 5.74) is 1.64. The highest BCUT2D eigenvalue weighted by Gasteiger charge is 2.48. The topological polar surface area (TPSA) is 109 Å². The minimum atomic E-state index is -0.994. The van der Waals surface area contributed by atoms with E-state index in [2.05, 4.69) is 4.98 Å². The number of rotatable bonds is 7. The molecule has 2 N–H and O–H groups in total. The van der Waals surface area contributed by atoms with E-state index < -0.39 is 17.7 Å². The fraction of sp³-hybridized carbons (Fsp3) is 0.222. The average Bonchev–Trinajstić information content (AvgIpc) is 3.12. The van der Waals surface area contributed by atoms with Crippen molar-refractivity contribution in [2.45, 2.75) is 26.8 Å². The number of aromatic hydroxyl groups is 1. The average molecular weight is 475 g/mol. The summed E-state index contributed by atoms with van der Waals surface area (Å²) in [7, 11) is 0. The monoisotopic (exact) mass is 474 g/mol. The van der Waals surface area contributed by atoms with Gasteiger partial charge in [0.25, 0.3) is 11.7 Å². The van der Waals surface area contributed by atoms with Crippen LogP contribution < -0.4 is 14.4 Å². The van der Waals surface area contributed by atoms with Crippen LogP contribution in [0.15, 0.2) is 66.5 Å². The number of hydrogen-bond donors (Lipinski definition) is 2. The maximum Gasteiger partial charge on any atom is 0.300 e. The third kappa shape index (κ3) is 4.42. The van der Waals surface area contributed by atoms with Crippen LogP contribution >= 0.6 is 0 Å². The van der Waals surface area contributed by atoms with Crippen molar-refractivity contribution in [2.75, 3.05) is 18.1 Å². The van der Waals surface area contributed by atoms with Crippen molar-refractivity contribution < 1.29 is 29.3 Å². The summed E-state index contributed by atoms with van der Waals surface area (Å²) in [5, 5.41) is 22.0. The summed E-state index contributed by atoms with van der Waals surface area (Å²) in [6, 6.07) is 12.0. The third-order valence-electron chi connectivity index (χ3n) is 5.68. The summed E-state index contributed by atoms with van der Waals surface area (Å²) >= 11 is 0. The van der Waals surface area contributed by atoms with E-state index in [1.165, 1.54) is 23.4 Å². The summed E-state index contributed by atoms with van der Waals surface area (Å²) in [4.78, 5) is 31.9. The number of Topliss-reactive ketones (excluding diaryl/α,β-unsaturated/α-hetero) is 1. The molecule has 1 aromatic heterocycles. The molecule has 8 nitrogen and oxygen atoms in total. The second-order valence-corrected chi connectivity index (χ2v) is 7.97. The van der Waals surface area contributed by atoms with E-state index >= 15 is 0 Å². The highest BCUT2D eigenvalue weighted by Crippen LogP contribution is 2.45. The van der Waals surface area contributed by atoms with Gasteiger partial charge in [-0.15, -0.1) is 0 Å². The number of carbonyl (C=O) groups excluding carboxylic acids is 2. The summed E-state index contributed by atoms with van der Waals surface area (Å²) in [6.07, 6.45) is 3.07.